The number of halogens is 3. The number of nitrogens with zero attached hydrogens (tertiary/aromatic N) is 2. The van der Waals surface area contributed by atoms with Gasteiger partial charge in [0.25, 0.3) is 0 Å². The molecule has 3 aromatic carbocycles. The zero-order chi connectivity index (χ0) is 26.7. The number of benzene rings is 3. The third-order valence-electron chi connectivity index (χ3n) is 6.85. The molecule has 0 radical (unpaired) electrons. The van der Waals surface area contributed by atoms with Crippen molar-refractivity contribution >= 4 is 11.4 Å². The van der Waals surface area contributed by atoms with Crippen molar-refractivity contribution < 1.29 is 27.5 Å². The summed E-state index contributed by atoms with van der Waals surface area (Å²) in [4.78, 5) is 9.70. The third kappa shape index (κ3) is 6.18. The van der Waals surface area contributed by atoms with Crippen molar-refractivity contribution in [3.05, 3.63) is 83.4 Å². The zero-order valence-electron chi connectivity index (χ0n) is 21.3. The van der Waals surface area contributed by atoms with Crippen LogP contribution < -0.4 is 9.47 Å². The van der Waals surface area contributed by atoms with Crippen molar-refractivity contribution in [2.75, 3.05) is 13.7 Å². The summed E-state index contributed by atoms with van der Waals surface area (Å²) in [6.45, 7) is 2.34. The topological polar surface area (TPSA) is 52.4 Å². The Hall–Kier alpha value is -3.81. The lowest BCUT2D eigenvalue weighted by molar-refractivity contribution is -0.274. The van der Waals surface area contributed by atoms with Crippen LogP contribution in [-0.2, 0) is 4.84 Å². The maximum Gasteiger partial charge on any atom is 0.573 e. The normalized spacial score (nSPS) is 17.8. The minimum absolute atomic E-state index is 0.222. The lowest BCUT2D eigenvalue weighted by Gasteiger charge is -2.17. The molecule has 0 aromatic heterocycles. The van der Waals surface area contributed by atoms with E-state index < -0.39 is 12.4 Å². The van der Waals surface area contributed by atoms with Crippen LogP contribution in [0.2, 0.25) is 0 Å². The fourth-order valence-corrected chi connectivity index (χ4v) is 4.77. The van der Waals surface area contributed by atoms with Crippen molar-refractivity contribution in [3.63, 3.8) is 0 Å². The van der Waals surface area contributed by atoms with Crippen LogP contribution in [0.1, 0.15) is 48.4 Å². The summed E-state index contributed by atoms with van der Waals surface area (Å²) in [6, 6.07) is 19.7. The Morgan fingerprint density at radius 1 is 0.974 bits per heavy atom. The van der Waals surface area contributed by atoms with Crippen LogP contribution in [0.4, 0.5) is 13.2 Å². The second-order valence-electron chi connectivity index (χ2n) is 9.60. The Morgan fingerprint density at radius 2 is 1.71 bits per heavy atom. The molecule has 1 saturated carbocycles. The standard InChI is InChI=1S/C30H29F3N2O3/c1-19-5-3-4-6-24(19)26-15-16-27(34-26)25-14-11-22(17-29(25)38-30(31,32)33)20-9-12-23(13-10-20)37-18-28(35-36-2)21-7-8-21/h3-6,9-14,17,21,27H,7-8,15-16,18H2,1-2H3/b35-28+. The lowest BCUT2D eigenvalue weighted by atomic mass is 9.97. The molecule has 5 rings (SSSR count). The number of hydrogen-bond donors (Lipinski definition) is 0. The highest BCUT2D eigenvalue weighted by Gasteiger charge is 2.34. The molecule has 1 heterocycles. The summed E-state index contributed by atoms with van der Waals surface area (Å²) in [5.41, 5.74) is 5.70. The maximum atomic E-state index is 13.4. The number of rotatable bonds is 9. The average Bonchev–Trinajstić information content (AvgIpc) is 3.63. The molecule has 0 amide bonds. The molecule has 3 aromatic rings. The van der Waals surface area contributed by atoms with Gasteiger partial charge in [0.1, 0.15) is 25.2 Å². The first kappa shape index (κ1) is 25.8. The number of aliphatic imine (C=N–C) groups is 1. The molecule has 198 valence electrons. The van der Waals surface area contributed by atoms with E-state index in [4.69, 9.17) is 14.6 Å². The summed E-state index contributed by atoms with van der Waals surface area (Å²) in [7, 11) is 1.52. The van der Waals surface area contributed by atoms with Gasteiger partial charge in [-0.15, -0.1) is 13.2 Å². The maximum absolute atomic E-state index is 13.4. The molecule has 2 aliphatic rings. The van der Waals surface area contributed by atoms with Crippen molar-refractivity contribution in [2.45, 2.75) is 45.0 Å². The quantitative estimate of drug-likeness (QED) is 0.214. The number of alkyl halides is 3. The van der Waals surface area contributed by atoms with E-state index in [9.17, 15) is 13.2 Å². The molecule has 1 unspecified atom stereocenters. The predicted octanol–water partition coefficient (Wildman–Crippen LogP) is 7.68. The smallest absolute Gasteiger partial charge is 0.488 e. The van der Waals surface area contributed by atoms with Gasteiger partial charge in [-0.3, -0.25) is 4.99 Å². The molecule has 38 heavy (non-hydrogen) atoms. The molecular weight excluding hydrogens is 493 g/mol. The SMILES string of the molecule is CO/N=C(\COc1ccc(-c2ccc(C3CCC(c4ccccc4C)=N3)c(OC(F)(F)F)c2)cc1)C1CC1. The molecular formula is C30H29F3N2O3. The monoisotopic (exact) mass is 522 g/mol. The predicted molar refractivity (Wildman–Crippen MR) is 141 cm³/mol. The van der Waals surface area contributed by atoms with E-state index >= 15 is 0 Å². The number of oxime groups is 1. The lowest BCUT2D eigenvalue weighted by Crippen LogP contribution is -2.18. The van der Waals surface area contributed by atoms with Crippen molar-refractivity contribution in [1.82, 2.24) is 0 Å². The van der Waals surface area contributed by atoms with Crippen LogP contribution in [0.15, 0.2) is 76.9 Å². The van der Waals surface area contributed by atoms with Gasteiger partial charge in [0.05, 0.1) is 11.8 Å². The van der Waals surface area contributed by atoms with E-state index in [-0.39, 0.29) is 5.75 Å². The number of ether oxygens (including phenoxy) is 2. The highest BCUT2D eigenvalue weighted by Crippen LogP contribution is 2.40. The highest BCUT2D eigenvalue weighted by atomic mass is 19.4. The molecule has 5 nitrogen and oxygen atoms in total. The summed E-state index contributed by atoms with van der Waals surface area (Å²) in [5, 5.41) is 4.05. The number of aryl methyl sites for hydroxylation is 1. The van der Waals surface area contributed by atoms with Crippen LogP contribution in [0.25, 0.3) is 11.1 Å². The van der Waals surface area contributed by atoms with Crippen molar-refractivity contribution in [2.24, 2.45) is 16.1 Å². The van der Waals surface area contributed by atoms with Gasteiger partial charge in [-0.05, 0) is 73.1 Å². The number of hydrogen-bond acceptors (Lipinski definition) is 5. The van der Waals surface area contributed by atoms with Gasteiger partial charge in [-0.1, -0.05) is 53.7 Å². The second-order valence-corrected chi connectivity index (χ2v) is 9.60. The van der Waals surface area contributed by atoms with Gasteiger partial charge in [0, 0.05) is 17.2 Å². The Balaban J connectivity index is 1.37. The molecule has 0 N–H and O–H groups in total. The van der Waals surface area contributed by atoms with Gasteiger partial charge in [0.15, 0.2) is 0 Å². The summed E-state index contributed by atoms with van der Waals surface area (Å²) in [5.74, 6) is 0.836. The Kier molecular flexibility index (Phi) is 7.40. The third-order valence-corrected chi connectivity index (χ3v) is 6.85. The van der Waals surface area contributed by atoms with Gasteiger partial charge in [0.2, 0.25) is 0 Å². The van der Waals surface area contributed by atoms with Gasteiger partial charge < -0.3 is 14.3 Å². The van der Waals surface area contributed by atoms with E-state index in [1.54, 1.807) is 18.2 Å². The fraction of sp³-hybridized carbons (Fsp3) is 0.333. The molecule has 0 saturated heterocycles. The Bertz CT molecular complexity index is 1350. The largest absolute Gasteiger partial charge is 0.573 e. The van der Waals surface area contributed by atoms with E-state index in [0.717, 1.165) is 41.0 Å². The summed E-state index contributed by atoms with van der Waals surface area (Å²) < 4.78 is 50.4. The zero-order valence-corrected chi connectivity index (χ0v) is 21.3. The van der Waals surface area contributed by atoms with Gasteiger partial charge >= 0.3 is 6.36 Å². The van der Waals surface area contributed by atoms with Crippen LogP contribution in [0, 0.1) is 12.8 Å². The first-order chi connectivity index (χ1) is 18.3. The molecule has 1 aliphatic carbocycles. The molecule has 1 fully saturated rings. The minimum Gasteiger partial charge on any atom is -0.488 e. The Labute approximate surface area is 219 Å². The van der Waals surface area contributed by atoms with E-state index in [2.05, 4.69) is 9.89 Å². The summed E-state index contributed by atoms with van der Waals surface area (Å²) in [6.07, 6.45) is -1.32. The van der Waals surface area contributed by atoms with Gasteiger partial charge in [-0.2, -0.15) is 0 Å². The average molecular weight is 523 g/mol. The minimum atomic E-state index is -4.81. The van der Waals surface area contributed by atoms with E-state index in [0.29, 0.717) is 42.2 Å². The van der Waals surface area contributed by atoms with E-state index in [1.807, 2.05) is 49.4 Å². The molecule has 1 atom stereocenters. The van der Waals surface area contributed by atoms with Crippen LogP contribution in [0.5, 0.6) is 11.5 Å². The first-order valence-electron chi connectivity index (χ1n) is 12.7. The second kappa shape index (κ2) is 10.9. The van der Waals surface area contributed by atoms with Gasteiger partial charge in [-0.25, -0.2) is 0 Å². The van der Waals surface area contributed by atoms with Crippen molar-refractivity contribution in [3.8, 4) is 22.6 Å². The molecule has 1 aliphatic heterocycles. The fourth-order valence-electron chi connectivity index (χ4n) is 4.77. The highest BCUT2D eigenvalue weighted by molar-refractivity contribution is 6.03. The first-order valence-corrected chi connectivity index (χ1v) is 12.7. The van der Waals surface area contributed by atoms with Crippen molar-refractivity contribution in [1.29, 1.82) is 0 Å². The van der Waals surface area contributed by atoms with Crippen LogP contribution >= 0.6 is 0 Å². The van der Waals surface area contributed by atoms with E-state index in [1.165, 1.54) is 13.2 Å². The summed E-state index contributed by atoms with van der Waals surface area (Å²) >= 11 is 0. The van der Waals surface area contributed by atoms with Crippen LogP contribution in [-0.4, -0.2) is 31.5 Å². The molecule has 8 heteroatoms. The Morgan fingerprint density at radius 3 is 2.39 bits per heavy atom. The molecule has 0 spiro atoms. The van der Waals surface area contributed by atoms with Crippen LogP contribution in [0.3, 0.4) is 0 Å². The molecule has 0 bridgehead atoms.